The number of amides is 1. The summed E-state index contributed by atoms with van der Waals surface area (Å²) in [5.41, 5.74) is 4.40. The predicted molar refractivity (Wildman–Crippen MR) is 99.1 cm³/mol. The summed E-state index contributed by atoms with van der Waals surface area (Å²) in [4.78, 5) is 20.6. The molecule has 0 radical (unpaired) electrons. The molecule has 134 valence electrons. The van der Waals surface area contributed by atoms with Gasteiger partial charge in [0.05, 0.1) is 17.0 Å². The number of hydrogen-bond donors (Lipinski definition) is 1. The Morgan fingerprint density at radius 3 is 2.54 bits per heavy atom. The standard InChI is InChI=1S/C20H22N4O2/c1-12(2)20(25)22-10-15-5-7-16(8-6-15)19-17(11-21-14(4)23-19)18-9-13(3)24-26-18/h5-9,11-12H,10H2,1-4H3,(H,22,25). The van der Waals surface area contributed by atoms with Crippen LogP contribution in [-0.2, 0) is 11.3 Å². The van der Waals surface area contributed by atoms with Gasteiger partial charge < -0.3 is 9.84 Å². The van der Waals surface area contributed by atoms with Crippen molar-refractivity contribution < 1.29 is 9.32 Å². The molecule has 6 heteroatoms. The molecule has 0 saturated carbocycles. The third-order valence-electron chi connectivity index (χ3n) is 4.02. The maximum Gasteiger partial charge on any atom is 0.222 e. The smallest absolute Gasteiger partial charge is 0.222 e. The first kappa shape index (κ1) is 17.8. The lowest BCUT2D eigenvalue weighted by Gasteiger charge is -2.10. The summed E-state index contributed by atoms with van der Waals surface area (Å²) in [6, 6.07) is 9.83. The van der Waals surface area contributed by atoms with Crippen molar-refractivity contribution in [2.45, 2.75) is 34.2 Å². The minimum atomic E-state index is -0.0220. The molecule has 3 aromatic rings. The Balaban J connectivity index is 1.87. The summed E-state index contributed by atoms with van der Waals surface area (Å²) >= 11 is 0. The average molecular weight is 350 g/mol. The summed E-state index contributed by atoms with van der Waals surface area (Å²) in [5.74, 6) is 1.36. The van der Waals surface area contributed by atoms with Gasteiger partial charge in [0.2, 0.25) is 5.91 Å². The van der Waals surface area contributed by atoms with Crippen LogP contribution in [-0.4, -0.2) is 21.0 Å². The first-order valence-electron chi connectivity index (χ1n) is 8.58. The van der Waals surface area contributed by atoms with Crippen molar-refractivity contribution in [1.82, 2.24) is 20.4 Å². The minimum Gasteiger partial charge on any atom is -0.356 e. The van der Waals surface area contributed by atoms with E-state index in [1.165, 1.54) is 0 Å². The highest BCUT2D eigenvalue weighted by atomic mass is 16.5. The molecule has 0 bridgehead atoms. The van der Waals surface area contributed by atoms with Crippen molar-refractivity contribution in [1.29, 1.82) is 0 Å². The summed E-state index contributed by atoms with van der Waals surface area (Å²) < 4.78 is 5.39. The van der Waals surface area contributed by atoms with Crippen LogP contribution in [0, 0.1) is 19.8 Å². The highest BCUT2D eigenvalue weighted by Gasteiger charge is 2.14. The lowest BCUT2D eigenvalue weighted by Crippen LogP contribution is -2.27. The Kier molecular flexibility index (Phi) is 5.11. The SMILES string of the molecule is Cc1cc(-c2cnc(C)nc2-c2ccc(CNC(=O)C(C)C)cc2)on1. The monoisotopic (exact) mass is 350 g/mol. The normalized spacial score (nSPS) is 11.0. The number of nitrogens with one attached hydrogen (secondary N) is 1. The molecule has 0 aliphatic carbocycles. The maximum absolute atomic E-state index is 11.7. The highest BCUT2D eigenvalue weighted by Crippen LogP contribution is 2.30. The second kappa shape index (κ2) is 7.47. The number of aromatic nitrogens is 3. The number of carbonyl (C=O) groups excluding carboxylic acids is 1. The summed E-state index contributed by atoms with van der Waals surface area (Å²) in [6.45, 7) is 8.00. The Hall–Kier alpha value is -3.02. The summed E-state index contributed by atoms with van der Waals surface area (Å²) in [5, 5.41) is 6.87. The van der Waals surface area contributed by atoms with Crippen molar-refractivity contribution >= 4 is 5.91 Å². The molecule has 0 aliphatic heterocycles. The average Bonchev–Trinajstić information content (AvgIpc) is 3.06. The van der Waals surface area contributed by atoms with E-state index in [1.54, 1.807) is 6.20 Å². The molecule has 0 aliphatic rings. The van der Waals surface area contributed by atoms with Crippen molar-refractivity contribution in [3.8, 4) is 22.6 Å². The van der Waals surface area contributed by atoms with E-state index in [9.17, 15) is 4.79 Å². The predicted octanol–water partition coefficient (Wildman–Crippen LogP) is 3.69. The highest BCUT2D eigenvalue weighted by molar-refractivity contribution is 5.78. The van der Waals surface area contributed by atoms with Crippen molar-refractivity contribution in [2.75, 3.05) is 0 Å². The number of benzene rings is 1. The van der Waals surface area contributed by atoms with Crippen LogP contribution in [0.1, 0.15) is 30.9 Å². The summed E-state index contributed by atoms with van der Waals surface area (Å²) in [6.07, 6.45) is 1.76. The molecule has 0 spiro atoms. The second-order valence-electron chi connectivity index (χ2n) is 6.58. The van der Waals surface area contributed by atoms with Gasteiger partial charge in [0, 0.05) is 30.3 Å². The van der Waals surface area contributed by atoms with Gasteiger partial charge in [-0.1, -0.05) is 43.3 Å². The van der Waals surface area contributed by atoms with Crippen LogP contribution >= 0.6 is 0 Å². The van der Waals surface area contributed by atoms with Gasteiger partial charge in [-0.25, -0.2) is 9.97 Å². The fraction of sp³-hybridized carbons (Fsp3) is 0.300. The molecule has 2 heterocycles. The molecule has 0 saturated heterocycles. The first-order chi connectivity index (χ1) is 12.4. The van der Waals surface area contributed by atoms with Crippen molar-refractivity contribution in [3.05, 3.63) is 53.6 Å². The van der Waals surface area contributed by atoms with Crippen LogP contribution < -0.4 is 5.32 Å². The lowest BCUT2D eigenvalue weighted by atomic mass is 10.0. The second-order valence-corrected chi connectivity index (χ2v) is 6.58. The van der Waals surface area contributed by atoms with Crippen LogP contribution in [0.2, 0.25) is 0 Å². The van der Waals surface area contributed by atoms with Gasteiger partial charge in [-0.15, -0.1) is 0 Å². The number of nitrogens with zero attached hydrogens (tertiary/aromatic N) is 3. The maximum atomic E-state index is 11.7. The van der Waals surface area contributed by atoms with Gasteiger partial charge in [-0.3, -0.25) is 4.79 Å². The first-order valence-corrected chi connectivity index (χ1v) is 8.58. The van der Waals surface area contributed by atoms with Gasteiger partial charge in [-0.2, -0.15) is 0 Å². The Labute approximate surface area is 152 Å². The lowest BCUT2D eigenvalue weighted by molar-refractivity contribution is -0.124. The Bertz CT molecular complexity index is 914. The summed E-state index contributed by atoms with van der Waals surface area (Å²) in [7, 11) is 0. The zero-order valence-corrected chi connectivity index (χ0v) is 15.4. The van der Waals surface area contributed by atoms with Crippen LogP contribution in [0.5, 0.6) is 0 Å². The topological polar surface area (TPSA) is 80.9 Å². The van der Waals surface area contributed by atoms with E-state index in [2.05, 4.69) is 20.4 Å². The van der Waals surface area contributed by atoms with E-state index < -0.39 is 0 Å². The van der Waals surface area contributed by atoms with E-state index in [0.717, 1.165) is 28.1 Å². The molecule has 1 amide bonds. The molecular weight excluding hydrogens is 328 g/mol. The zero-order valence-electron chi connectivity index (χ0n) is 15.4. The molecule has 0 atom stereocenters. The zero-order chi connectivity index (χ0) is 18.7. The minimum absolute atomic E-state index is 0.0220. The quantitative estimate of drug-likeness (QED) is 0.759. The third-order valence-corrected chi connectivity index (χ3v) is 4.02. The van der Waals surface area contributed by atoms with Crippen molar-refractivity contribution in [2.24, 2.45) is 5.92 Å². The third kappa shape index (κ3) is 3.96. The number of hydrogen-bond acceptors (Lipinski definition) is 5. The van der Waals surface area contributed by atoms with E-state index in [4.69, 9.17) is 4.52 Å². The van der Waals surface area contributed by atoms with Gasteiger partial charge in [0.15, 0.2) is 5.76 Å². The molecule has 0 unspecified atom stereocenters. The number of rotatable bonds is 5. The van der Waals surface area contributed by atoms with Gasteiger partial charge in [-0.05, 0) is 19.4 Å². The molecule has 6 nitrogen and oxygen atoms in total. The van der Waals surface area contributed by atoms with Crippen LogP contribution in [0.3, 0.4) is 0 Å². The van der Waals surface area contributed by atoms with Gasteiger partial charge in [0.25, 0.3) is 0 Å². The van der Waals surface area contributed by atoms with E-state index >= 15 is 0 Å². The molecule has 1 aromatic carbocycles. The van der Waals surface area contributed by atoms with Crippen LogP contribution in [0.15, 0.2) is 41.1 Å². The molecule has 0 fully saturated rings. The Morgan fingerprint density at radius 1 is 1.19 bits per heavy atom. The van der Waals surface area contributed by atoms with Gasteiger partial charge in [0.1, 0.15) is 5.82 Å². The number of aryl methyl sites for hydroxylation is 2. The fourth-order valence-corrected chi connectivity index (χ4v) is 2.53. The Morgan fingerprint density at radius 2 is 1.92 bits per heavy atom. The molecular formula is C20H22N4O2. The van der Waals surface area contributed by atoms with Crippen LogP contribution in [0.25, 0.3) is 22.6 Å². The molecule has 26 heavy (non-hydrogen) atoms. The molecule has 2 aromatic heterocycles. The van der Waals surface area contributed by atoms with E-state index in [0.29, 0.717) is 18.1 Å². The van der Waals surface area contributed by atoms with Crippen molar-refractivity contribution in [3.63, 3.8) is 0 Å². The largest absolute Gasteiger partial charge is 0.356 e. The fourth-order valence-electron chi connectivity index (χ4n) is 2.53. The number of carbonyl (C=O) groups is 1. The van der Waals surface area contributed by atoms with E-state index in [-0.39, 0.29) is 11.8 Å². The van der Waals surface area contributed by atoms with E-state index in [1.807, 2.05) is 58.0 Å². The van der Waals surface area contributed by atoms with Crippen LogP contribution in [0.4, 0.5) is 0 Å². The molecule has 3 rings (SSSR count). The molecule has 1 N–H and O–H groups in total. The van der Waals surface area contributed by atoms with Gasteiger partial charge >= 0.3 is 0 Å².